The van der Waals surface area contributed by atoms with Gasteiger partial charge in [-0.2, -0.15) is 0 Å². The summed E-state index contributed by atoms with van der Waals surface area (Å²) in [4.78, 5) is 6.24. The van der Waals surface area contributed by atoms with Crippen molar-refractivity contribution in [2.75, 3.05) is 18.8 Å². The van der Waals surface area contributed by atoms with Gasteiger partial charge in [-0.05, 0) is 33.0 Å². The third-order valence-electron chi connectivity index (χ3n) is 3.41. The zero-order valence-corrected chi connectivity index (χ0v) is 11.1. The maximum atomic E-state index is 10.5. The number of aromatic nitrogens is 1. The van der Waals surface area contributed by atoms with Gasteiger partial charge in [0.25, 0.3) is 0 Å². The van der Waals surface area contributed by atoms with E-state index in [1.165, 1.54) is 0 Å². The van der Waals surface area contributed by atoms with Gasteiger partial charge in [0, 0.05) is 17.3 Å². The van der Waals surface area contributed by atoms with E-state index in [-0.39, 0.29) is 5.54 Å². The Morgan fingerprint density at radius 3 is 2.47 bits per heavy atom. The molecule has 0 fully saturated rings. The molecule has 4 nitrogen and oxygen atoms in total. The molecule has 0 bridgehead atoms. The van der Waals surface area contributed by atoms with Crippen LogP contribution in [0.3, 0.4) is 0 Å². The smallest absolute Gasteiger partial charge is 0.129 e. The van der Waals surface area contributed by atoms with Crippen molar-refractivity contribution < 1.29 is 5.11 Å². The molecule has 4 heteroatoms. The lowest BCUT2D eigenvalue weighted by Crippen LogP contribution is -2.48. The van der Waals surface area contributed by atoms with Crippen molar-refractivity contribution in [2.24, 2.45) is 0 Å². The minimum absolute atomic E-state index is 0.360. The average molecular weight is 237 g/mol. The molecule has 1 aromatic heterocycles. The first kappa shape index (κ1) is 13.9. The van der Waals surface area contributed by atoms with Crippen molar-refractivity contribution in [1.82, 2.24) is 9.88 Å². The zero-order valence-electron chi connectivity index (χ0n) is 11.1. The van der Waals surface area contributed by atoms with Crippen molar-refractivity contribution in [3.63, 3.8) is 0 Å². The van der Waals surface area contributed by atoms with Crippen LogP contribution in [0.1, 0.15) is 39.4 Å². The molecule has 1 rings (SSSR count). The van der Waals surface area contributed by atoms with Gasteiger partial charge in [-0.1, -0.05) is 19.9 Å². The van der Waals surface area contributed by atoms with Crippen LogP contribution < -0.4 is 5.73 Å². The fraction of sp³-hybridized carbons (Fsp3) is 0.615. The Bertz CT molecular complexity index is 361. The van der Waals surface area contributed by atoms with Crippen LogP contribution in [0.25, 0.3) is 0 Å². The second-order valence-electron chi connectivity index (χ2n) is 4.71. The van der Waals surface area contributed by atoms with Gasteiger partial charge in [-0.25, -0.2) is 4.98 Å². The Labute approximate surface area is 103 Å². The van der Waals surface area contributed by atoms with E-state index in [0.717, 1.165) is 13.1 Å². The maximum absolute atomic E-state index is 10.5. The number of hydrogen-bond acceptors (Lipinski definition) is 4. The molecule has 0 saturated carbocycles. The number of nitrogen functional groups attached to an aromatic ring is 1. The predicted molar refractivity (Wildman–Crippen MR) is 70.6 cm³/mol. The van der Waals surface area contributed by atoms with E-state index in [0.29, 0.717) is 11.4 Å². The van der Waals surface area contributed by atoms with Gasteiger partial charge in [-0.3, -0.25) is 4.90 Å². The van der Waals surface area contributed by atoms with Gasteiger partial charge in [-0.15, -0.1) is 0 Å². The lowest BCUT2D eigenvalue weighted by molar-refractivity contribution is -0.00599. The molecular weight excluding hydrogens is 214 g/mol. The number of rotatable bonds is 5. The SMILES string of the molecule is CCN(CC)C(C)(C)C(O)c1cccnc1N. The molecule has 0 aliphatic rings. The third kappa shape index (κ3) is 2.76. The van der Waals surface area contributed by atoms with Gasteiger partial charge in [0.1, 0.15) is 11.9 Å². The summed E-state index contributed by atoms with van der Waals surface area (Å²) in [5.41, 5.74) is 6.15. The molecule has 0 saturated heterocycles. The lowest BCUT2D eigenvalue weighted by Gasteiger charge is -2.41. The molecule has 1 aromatic rings. The lowest BCUT2D eigenvalue weighted by atomic mass is 9.89. The molecule has 0 aliphatic carbocycles. The predicted octanol–water partition coefficient (Wildman–Crippen LogP) is 1.82. The highest BCUT2D eigenvalue weighted by Crippen LogP contribution is 2.32. The van der Waals surface area contributed by atoms with Crippen LogP contribution in [0.5, 0.6) is 0 Å². The standard InChI is InChI=1S/C13H23N3O/c1-5-16(6-2)13(3,4)11(17)10-8-7-9-15-12(10)14/h7-9,11,17H,5-6H2,1-4H3,(H2,14,15). The fourth-order valence-corrected chi connectivity index (χ4v) is 2.25. The minimum atomic E-state index is -0.643. The number of pyridine rings is 1. The van der Waals surface area contributed by atoms with Crippen molar-refractivity contribution in [3.05, 3.63) is 23.9 Å². The van der Waals surface area contributed by atoms with E-state index in [4.69, 9.17) is 5.73 Å². The summed E-state index contributed by atoms with van der Waals surface area (Å²) in [6.45, 7) is 10.0. The summed E-state index contributed by atoms with van der Waals surface area (Å²) in [5, 5.41) is 10.5. The third-order valence-corrected chi connectivity index (χ3v) is 3.41. The highest BCUT2D eigenvalue weighted by atomic mass is 16.3. The van der Waals surface area contributed by atoms with E-state index in [9.17, 15) is 5.11 Å². The van der Waals surface area contributed by atoms with Gasteiger partial charge < -0.3 is 10.8 Å². The molecule has 0 aromatic carbocycles. The van der Waals surface area contributed by atoms with Crippen LogP contribution in [-0.2, 0) is 0 Å². The molecule has 0 aliphatic heterocycles. The summed E-state index contributed by atoms with van der Waals surface area (Å²) in [6.07, 6.45) is 0.992. The van der Waals surface area contributed by atoms with Gasteiger partial charge in [0.15, 0.2) is 0 Å². The molecule has 17 heavy (non-hydrogen) atoms. The number of anilines is 1. The Morgan fingerprint density at radius 2 is 2.00 bits per heavy atom. The summed E-state index contributed by atoms with van der Waals surface area (Å²) < 4.78 is 0. The summed E-state index contributed by atoms with van der Waals surface area (Å²) in [5.74, 6) is 0.403. The maximum Gasteiger partial charge on any atom is 0.129 e. The van der Waals surface area contributed by atoms with Crippen LogP contribution in [0.2, 0.25) is 0 Å². The first-order chi connectivity index (χ1) is 7.95. The first-order valence-corrected chi connectivity index (χ1v) is 6.08. The Hall–Kier alpha value is -1.13. The average Bonchev–Trinajstić information content (AvgIpc) is 2.30. The van der Waals surface area contributed by atoms with E-state index < -0.39 is 6.10 Å². The number of hydrogen-bond donors (Lipinski definition) is 2. The number of nitrogens with zero attached hydrogens (tertiary/aromatic N) is 2. The van der Waals surface area contributed by atoms with E-state index in [2.05, 4.69) is 23.7 Å². The number of aliphatic hydroxyl groups is 1. The van der Waals surface area contributed by atoms with Gasteiger partial charge in [0.05, 0.1) is 0 Å². The van der Waals surface area contributed by atoms with Crippen molar-refractivity contribution in [3.8, 4) is 0 Å². The highest BCUT2D eigenvalue weighted by Gasteiger charge is 2.34. The van der Waals surface area contributed by atoms with Crippen LogP contribution in [-0.4, -0.2) is 33.6 Å². The fourth-order valence-electron chi connectivity index (χ4n) is 2.25. The minimum Gasteiger partial charge on any atom is -0.386 e. The van der Waals surface area contributed by atoms with Crippen molar-refractivity contribution in [1.29, 1.82) is 0 Å². The zero-order chi connectivity index (χ0) is 13.1. The van der Waals surface area contributed by atoms with Crippen LogP contribution in [0.15, 0.2) is 18.3 Å². The Balaban J connectivity index is 3.03. The molecule has 0 amide bonds. The van der Waals surface area contributed by atoms with E-state index in [1.54, 1.807) is 12.3 Å². The highest BCUT2D eigenvalue weighted by molar-refractivity contribution is 5.41. The van der Waals surface area contributed by atoms with Crippen LogP contribution >= 0.6 is 0 Å². The largest absolute Gasteiger partial charge is 0.386 e. The molecular formula is C13H23N3O. The number of likely N-dealkylation sites (N-methyl/N-ethyl adjacent to an activating group) is 1. The molecule has 0 spiro atoms. The molecule has 0 radical (unpaired) electrons. The van der Waals surface area contributed by atoms with Gasteiger partial charge >= 0.3 is 0 Å². The normalized spacial score (nSPS) is 14.0. The first-order valence-electron chi connectivity index (χ1n) is 6.08. The molecule has 1 heterocycles. The number of aliphatic hydroxyl groups excluding tert-OH is 1. The quantitative estimate of drug-likeness (QED) is 0.820. The summed E-state index contributed by atoms with van der Waals surface area (Å²) in [6, 6.07) is 3.63. The van der Waals surface area contributed by atoms with Crippen molar-refractivity contribution in [2.45, 2.75) is 39.3 Å². The Morgan fingerprint density at radius 1 is 1.41 bits per heavy atom. The van der Waals surface area contributed by atoms with Crippen LogP contribution in [0, 0.1) is 0 Å². The topological polar surface area (TPSA) is 62.4 Å². The summed E-state index contributed by atoms with van der Waals surface area (Å²) >= 11 is 0. The monoisotopic (exact) mass is 237 g/mol. The van der Waals surface area contributed by atoms with Gasteiger partial charge in [0.2, 0.25) is 0 Å². The number of nitrogens with two attached hydrogens (primary N) is 1. The molecule has 1 atom stereocenters. The van der Waals surface area contributed by atoms with E-state index in [1.807, 2.05) is 19.9 Å². The van der Waals surface area contributed by atoms with Crippen LogP contribution in [0.4, 0.5) is 5.82 Å². The molecule has 1 unspecified atom stereocenters. The Kier molecular flexibility index (Phi) is 4.48. The summed E-state index contributed by atoms with van der Waals surface area (Å²) in [7, 11) is 0. The van der Waals surface area contributed by atoms with E-state index >= 15 is 0 Å². The van der Waals surface area contributed by atoms with Crippen molar-refractivity contribution >= 4 is 5.82 Å². The second-order valence-corrected chi connectivity index (χ2v) is 4.71. The second kappa shape index (κ2) is 5.47. The molecule has 96 valence electrons. The molecule has 3 N–H and O–H groups in total.